The minimum absolute atomic E-state index is 0.0992. The van der Waals surface area contributed by atoms with Crippen LogP contribution < -0.4 is 11.1 Å². The van der Waals surface area contributed by atoms with E-state index in [1.807, 2.05) is 29.6 Å². The lowest BCUT2D eigenvalue weighted by Gasteiger charge is -2.26. The molecule has 3 rings (SSSR count). The number of hydrogen-bond acceptors (Lipinski definition) is 3. The summed E-state index contributed by atoms with van der Waals surface area (Å²) in [6.07, 6.45) is 3.63. The molecule has 1 aromatic heterocycles. The standard InChI is InChI=1S/C16H18N2OS/c17-12-6-7-14-11(9-12)3-1-5-15(14)18-16(19)10-13-4-2-8-20-13/h2,4,6-9,15H,1,3,5,10,17H2,(H,18,19). The first-order chi connectivity index (χ1) is 9.72. The number of hydrogen-bond donors (Lipinski definition) is 2. The molecule has 2 aromatic rings. The molecule has 0 saturated heterocycles. The number of carbonyl (C=O) groups is 1. The molecule has 104 valence electrons. The number of nitrogen functional groups attached to an aromatic ring is 1. The second-order valence-electron chi connectivity index (χ2n) is 5.23. The van der Waals surface area contributed by atoms with Gasteiger partial charge in [0.1, 0.15) is 0 Å². The number of thiophene rings is 1. The van der Waals surface area contributed by atoms with E-state index in [1.165, 1.54) is 11.1 Å². The lowest BCUT2D eigenvalue weighted by atomic mass is 9.87. The third-order valence-corrected chi connectivity index (χ3v) is 4.61. The number of anilines is 1. The van der Waals surface area contributed by atoms with Crippen LogP contribution in [-0.4, -0.2) is 5.91 Å². The van der Waals surface area contributed by atoms with Crippen molar-refractivity contribution in [2.45, 2.75) is 31.7 Å². The Hall–Kier alpha value is -1.81. The highest BCUT2D eigenvalue weighted by atomic mass is 32.1. The van der Waals surface area contributed by atoms with Crippen LogP contribution in [0.4, 0.5) is 5.69 Å². The van der Waals surface area contributed by atoms with Crippen molar-refractivity contribution in [2.24, 2.45) is 0 Å². The molecular formula is C16H18N2OS. The topological polar surface area (TPSA) is 55.1 Å². The molecule has 1 atom stereocenters. The van der Waals surface area contributed by atoms with Gasteiger partial charge in [-0.05, 0) is 54.0 Å². The van der Waals surface area contributed by atoms with Gasteiger partial charge in [0.2, 0.25) is 5.91 Å². The van der Waals surface area contributed by atoms with E-state index < -0.39 is 0 Å². The zero-order valence-corrected chi connectivity index (χ0v) is 12.1. The van der Waals surface area contributed by atoms with Gasteiger partial charge in [-0.3, -0.25) is 4.79 Å². The fourth-order valence-corrected chi connectivity index (χ4v) is 3.50. The third-order valence-electron chi connectivity index (χ3n) is 3.73. The maximum absolute atomic E-state index is 12.1. The number of aryl methyl sites for hydroxylation is 1. The molecule has 0 radical (unpaired) electrons. The van der Waals surface area contributed by atoms with Crippen molar-refractivity contribution < 1.29 is 4.79 Å². The summed E-state index contributed by atoms with van der Waals surface area (Å²) in [5.74, 6) is 0.0992. The first-order valence-corrected chi connectivity index (χ1v) is 7.80. The highest BCUT2D eigenvalue weighted by molar-refractivity contribution is 7.10. The van der Waals surface area contributed by atoms with Crippen LogP contribution in [0.1, 0.15) is 34.9 Å². The molecule has 3 N–H and O–H groups in total. The molecule has 4 heteroatoms. The van der Waals surface area contributed by atoms with Gasteiger partial charge in [-0.25, -0.2) is 0 Å². The number of nitrogens with one attached hydrogen (secondary N) is 1. The number of carbonyl (C=O) groups excluding carboxylic acids is 1. The first-order valence-electron chi connectivity index (χ1n) is 6.92. The van der Waals surface area contributed by atoms with E-state index in [2.05, 4.69) is 11.4 Å². The Morgan fingerprint density at radius 1 is 1.40 bits per heavy atom. The van der Waals surface area contributed by atoms with Crippen LogP contribution in [0.15, 0.2) is 35.7 Å². The molecule has 1 aromatic carbocycles. The Kier molecular flexibility index (Phi) is 3.74. The van der Waals surface area contributed by atoms with Crippen LogP contribution >= 0.6 is 11.3 Å². The first kappa shape index (κ1) is 13.2. The van der Waals surface area contributed by atoms with Crippen molar-refractivity contribution in [1.29, 1.82) is 0 Å². The predicted molar refractivity (Wildman–Crippen MR) is 82.7 cm³/mol. The SMILES string of the molecule is Nc1ccc2c(c1)CCCC2NC(=O)Cc1cccs1. The normalized spacial score (nSPS) is 17.5. The van der Waals surface area contributed by atoms with Crippen molar-refractivity contribution in [3.05, 3.63) is 51.7 Å². The van der Waals surface area contributed by atoms with E-state index in [0.29, 0.717) is 6.42 Å². The lowest BCUT2D eigenvalue weighted by molar-refractivity contribution is -0.121. The largest absolute Gasteiger partial charge is 0.399 e. The molecule has 0 spiro atoms. The number of benzene rings is 1. The van der Waals surface area contributed by atoms with Crippen molar-refractivity contribution in [3.63, 3.8) is 0 Å². The fraction of sp³-hybridized carbons (Fsp3) is 0.312. The molecule has 0 saturated carbocycles. The van der Waals surface area contributed by atoms with E-state index in [9.17, 15) is 4.79 Å². The summed E-state index contributed by atoms with van der Waals surface area (Å²) in [5.41, 5.74) is 9.14. The maximum Gasteiger partial charge on any atom is 0.225 e. The minimum Gasteiger partial charge on any atom is -0.399 e. The predicted octanol–water partition coefficient (Wildman–Crippen LogP) is 3.07. The van der Waals surface area contributed by atoms with Gasteiger partial charge >= 0.3 is 0 Å². The lowest BCUT2D eigenvalue weighted by Crippen LogP contribution is -2.31. The molecule has 3 nitrogen and oxygen atoms in total. The summed E-state index contributed by atoms with van der Waals surface area (Å²) >= 11 is 1.62. The Morgan fingerprint density at radius 3 is 3.10 bits per heavy atom. The van der Waals surface area contributed by atoms with Gasteiger partial charge in [-0.1, -0.05) is 12.1 Å². The van der Waals surface area contributed by atoms with Crippen molar-refractivity contribution in [1.82, 2.24) is 5.32 Å². The average molecular weight is 286 g/mol. The van der Waals surface area contributed by atoms with Crippen LogP contribution in [0.5, 0.6) is 0 Å². The molecule has 1 unspecified atom stereocenters. The number of nitrogens with two attached hydrogens (primary N) is 1. The van der Waals surface area contributed by atoms with Crippen LogP contribution in [0.2, 0.25) is 0 Å². The van der Waals surface area contributed by atoms with E-state index in [1.54, 1.807) is 11.3 Å². The third kappa shape index (κ3) is 2.85. The van der Waals surface area contributed by atoms with Gasteiger partial charge in [-0.2, -0.15) is 0 Å². The highest BCUT2D eigenvalue weighted by Gasteiger charge is 2.21. The van der Waals surface area contributed by atoms with Gasteiger partial charge in [0.05, 0.1) is 12.5 Å². The summed E-state index contributed by atoms with van der Waals surface area (Å²) < 4.78 is 0. The van der Waals surface area contributed by atoms with Crippen LogP contribution in [0, 0.1) is 0 Å². The summed E-state index contributed by atoms with van der Waals surface area (Å²) in [4.78, 5) is 13.2. The molecule has 0 aliphatic heterocycles. The maximum atomic E-state index is 12.1. The van der Waals surface area contributed by atoms with Crippen molar-refractivity contribution in [2.75, 3.05) is 5.73 Å². The van der Waals surface area contributed by atoms with E-state index in [0.717, 1.165) is 29.8 Å². The second kappa shape index (κ2) is 5.67. The number of rotatable bonds is 3. The van der Waals surface area contributed by atoms with Gasteiger partial charge in [0.15, 0.2) is 0 Å². The van der Waals surface area contributed by atoms with E-state index in [-0.39, 0.29) is 11.9 Å². The molecule has 1 heterocycles. The monoisotopic (exact) mass is 286 g/mol. The Labute approximate surface area is 122 Å². The molecule has 0 bridgehead atoms. The minimum atomic E-state index is 0.0992. The summed E-state index contributed by atoms with van der Waals surface area (Å²) in [7, 11) is 0. The Morgan fingerprint density at radius 2 is 2.30 bits per heavy atom. The van der Waals surface area contributed by atoms with Crippen LogP contribution in [0.3, 0.4) is 0 Å². The number of fused-ring (bicyclic) bond motifs is 1. The fourth-order valence-electron chi connectivity index (χ4n) is 2.80. The van der Waals surface area contributed by atoms with Crippen LogP contribution in [-0.2, 0) is 17.6 Å². The van der Waals surface area contributed by atoms with Crippen LogP contribution in [0.25, 0.3) is 0 Å². The van der Waals surface area contributed by atoms with Gasteiger partial charge in [-0.15, -0.1) is 11.3 Å². The Bertz CT molecular complexity index is 607. The molecule has 0 fully saturated rings. The van der Waals surface area contributed by atoms with Gasteiger partial charge in [0, 0.05) is 10.6 Å². The highest BCUT2D eigenvalue weighted by Crippen LogP contribution is 2.31. The van der Waals surface area contributed by atoms with E-state index >= 15 is 0 Å². The van der Waals surface area contributed by atoms with Gasteiger partial charge in [0.25, 0.3) is 0 Å². The second-order valence-corrected chi connectivity index (χ2v) is 6.26. The average Bonchev–Trinajstić information content (AvgIpc) is 2.91. The zero-order valence-electron chi connectivity index (χ0n) is 11.3. The number of amides is 1. The van der Waals surface area contributed by atoms with Crippen molar-refractivity contribution in [3.8, 4) is 0 Å². The molecule has 1 amide bonds. The summed E-state index contributed by atoms with van der Waals surface area (Å²) in [6, 6.07) is 10.1. The smallest absolute Gasteiger partial charge is 0.225 e. The zero-order chi connectivity index (χ0) is 13.9. The quantitative estimate of drug-likeness (QED) is 0.852. The molecule has 20 heavy (non-hydrogen) atoms. The summed E-state index contributed by atoms with van der Waals surface area (Å²) in [6.45, 7) is 0. The summed E-state index contributed by atoms with van der Waals surface area (Å²) in [5, 5.41) is 5.16. The molecule has 1 aliphatic carbocycles. The van der Waals surface area contributed by atoms with Crippen molar-refractivity contribution >= 4 is 22.9 Å². The molecule has 1 aliphatic rings. The van der Waals surface area contributed by atoms with Gasteiger partial charge < -0.3 is 11.1 Å². The Balaban J connectivity index is 1.71. The van der Waals surface area contributed by atoms with E-state index in [4.69, 9.17) is 5.73 Å². The molecular weight excluding hydrogens is 268 g/mol.